The lowest BCUT2D eigenvalue weighted by Crippen LogP contribution is -2.18. The summed E-state index contributed by atoms with van der Waals surface area (Å²) in [5.74, 6) is 0.155. The molecule has 0 saturated carbocycles. The van der Waals surface area contributed by atoms with Gasteiger partial charge in [0.25, 0.3) is 0 Å². The highest BCUT2D eigenvalue weighted by atomic mass is 16.5. The predicted octanol–water partition coefficient (Wildman–Crippen LogP) is 1.74. The normalized spacial score (nSPS) is 15.1. The third-order valence-electron chi connectivity index (χ3n) is 2.08. The van der Waals surface area contributed by atoms with Crippen LogP contribution in [0, 0.1) is 5.92 Å². The van der Waals surface area contributed by atoms with E-state index in [1.54, 1.807) is 6.92 Å². The zero-order chi connectivity index (χ0) is 10.3. The zero-order valence-electron chi connectivity index (χ0n) is 8.75. The lowest BCUT2D eigenvalue weighted by atomic mass is 9.99. The van der Waals surface area contributed by atoms with Crippen LogP contribution >= 0.6 is 0 Å². The van der Waals surface area contributed by atoms with Crippen LogP contribution in [-0.2, 0) is 9.53 Å². The molecular formula is C10H20O3. The van der Waals surface area contributed by atoms with Crippen LogP contribution in [0.1, 0.15) is 40.0 Å². The summed E-state index contributed by atoms with van der Waals surface area (Å²) in [4.78, 5) is 10.9. The Labute approximate surface area is 80.1 Å². The van der Waals surface area contributed by atoms with Crippen LogP contribution in [-0.4, -0.2) is 23.8 Å². The minimum absolute atomic E-state index is 0.123. The minimum Gasteiger partial charge on any atom is -0.466 e. The maximum absolute atomic E-state index is 10.9. The number of carbonyl (C=O) groups excluding carboxylic acids is 1. The van der Waals surface area contributed by atoms with Gasteiger partial charge in [0.2, 0.25) is 0 Å². The molecule has 2 atom stereocenters. The summed E-state index contributed by atoms with van der Waals surface area (Å²) in [7, 11) is 0. The van der Waals surface area contributed by atoms with E-state index in [0.717, 1.165) is 6.42 Å². The molecule has 0 unspecified atom stereocenters. The van der Waals surface area contributed by atoms with Gasteiger partial charge in [-0.2, -0.15) is 0 Å². The molecule has 0 fully saturated rings. The van der Waals surface area contributed by atoms with E-state index in [0.29, 0.717) is 18.9 Å². The quantitative estimate of drug-likeness (QED) is 0.646. The highest BCUT2D eigenvalue weighted by Gasteiger charge is 2.13. The summed E-state index contributed by atoms with van der Waals surface area (Å²) in [6.45, 7) is 6.28. The van der Waals surface area contributed by atoms with Gasteiger partial charge in [0.1, 0.15) is 0 Å². The summed E-state index contributed by atoms with van der Waals surface area (Å²) >= 11 is 0. The Bertz CT molecular complexity index is 145. The maximum Gasteiger partial charge on any atom is 0.308 e. The Morgan fingerprint density at radius 1 is 1.46 bits per heavy atom. The van der Waals surface area contributed by atoms with Crippen molar-refractivity contribution in [3.8, 4) is 0 Å². The summed E-state index contributed by atoms with van der Waals surface area (Å²) in [6, 6.07) is 0. The smallest absolute Gasteiger partial charge is 0.308 e. The Morgan fingerprint density at radius 2 is 2.08 bits per heavy atom. The number of hydrogen-bond acceptors (Lipinski definition) is 3. The molecule has 0 heterocycles. The van der Waals surface area contributed by atoms with Gasteiger partial charge in [0.05, 0.1) is 19.1 Å². The number of esters is 1. The van der Waals surface area contributed by atoms with Gasteiger partial charge in [0, 0.05) is 0 Å². The average Bonchev–Trinajstić information content (AvgIpc) is 2.04. The Balaban J connectivity index is 3.60. The molecule has 0 bridgehead atoms. The van der Waals surface area contributed by atoms with Crippen LogP contribution in [0.3, 0.4) is 0 Å². The molecule has 0 radical (unpaired) electrons. The molecule has 78 valence electrons. The second kappa shape index (κ2) is 6.89. The molecule has 0 aromatic heterocycles. The number of hydrogen-bond donors (Lipinski definition) is 1. The van der Waals surface area contributed by atoms with Crippen LogP contribution in [0.15, 0.2) is 0 Å². The van der Waals surface area contributed by atoms with Crippen LogP contribution in [0.25, 0.3) is 0 Å². The topological polar surface area (TPSA) is 46.5 Å². The Morgan fingerprint density at radius 3 is 2.54 bits per heavy atom. The second-order valence-electron chi connectivity index (χ2n) is 3.41. The first-order valence-corrected chi connectivity index (χ1v) is 4.93. The van der Waals surface area contributed by atoms with E-state index >= 15 is 0 Å². The molecule has 0 aromatic carbocycles. The highest BCUT2D eigenvalue weighted by Crippen LogP contribution is 2.12. The second-order valence-corrected chi connectivity index (χ2v) is 3.41. The van der Waals surface area contributed by atoms with Gasteiger partial charge < -0.3 is 9.84 Å². The van der Waals surface area contributed by atoms with E-state index in [2.05, 4.69) is 13.8 Å². The van der Waals surface area contributed by atoms with Gasteiger partial charge in [-0.15, -0.1) is 0 Å². The first-order chi connectivity index (χ1) is 6.10. The van der Waals surface area contributed by atoms with Gasteiger partial charge in [-0.05, 0) is 19.3 Å². The number of aliphatic hydroxyl groups excluding tert-OH is 1. The SMILES string of the molecule is CCOC(=O)C[C@H](O)C[C@H](C)CC. The number of ether oxygens (including phenoxy) is 1. The maximum atomic E-state index is 10.9. The fourth-order valence-electron chi connectivity index (χ4n) is 1.13. The lowest BCUT2D eigenvalue weighted by molar-refractivity contribution is -0.145. The Hall–Kier alpha value is -0.570. The van der Waals surface area contributed by atoms with Crippen molar-refractivity contribution in [1.82, 2.24) is 0 Å². The minimum atomic E-state index is -0.547. The summed E-state index contributed by atoms with van der Waals surface area (Å²) in [6.07, 6.45) is 1.28. The van der Waals surface area contributed by atoms with Crippen molar-refractivity contribution in [3.05, 3.63) is 0 Å². The molecule has 0 aliphatic rings. The average molecular weight is 188 g/mol. The molecule has 0 spiro atoms. The van der Waals surface area contributed by atoms with Crippen LogP contribution in [0.5, 0.6) is 0 Å². The van der Waals surface area contributed by atoms with E-state index < -0.39 is 6.10 Å². The van der Waals surface area contributed by atoms with Crippen molar-refractivity contribution in [1.29, 1.82) is 0 Å². The van der Waals surface area contributed by atoms with Gasteiger partial charge in [-0.3, -0.25) is 4.79 Å². The number of aliphatic hydroxyl groups is 1. The van der Waals surface area contributed by atoms with Crippen LogP contribution in [0.4, 0.5) is 0 Å². The van der Waals surface area contributed by atoms with Gasteiger partial charge in [-0.25, -0.2) is 0 Å². The fraction of sp³-hybridized carbons (Fsp3) is 0.900. The summed E-state index contributed by atoms with van der Waals surface area (Å²) < 4.78 is 4.73. The van der Waals surface area contributed by atoms with E-state index in [4.69, 9.17) is 4.74 Å². The standard InChI is InChI=1S/C10H20O3/c1-4-8(3)6-9(11)7-10(12)13-5-2/h8-9,11H,4-7H2,1-3H3/t8-,9-/m1/s1. The molecule has 1 N–H and O–H groups in total. The van der Waals surface area contributed by atoms with Crippen molar-refractivity contribution in [2.45, 2.75) is 46.1 Å². The first kappa shape index (κ1) is 12.4. The zero-order valence-corrected chi connectivity index (χ0v) is 8.75. The molecule has 13 heavy (non-hydrogen) atoms. The van der Waals surface area contributed by atoms with Crippen molar-refractivity contribution in [3.63, 3.8) is 0 Å². The van der Waals surface area contributed by atoms with Crippen molar-refractivity contribution >= 4 is 5.97 Å². The Kier molecular flexibility index (Phi) is 6.59. The summed E-state index contributed by atoms with van der Waals surface area (Å²) in [5.41, 5.74) is 0. The van der Waals surface area contributed by atoms with Gasteiger partial charge in [-0.1, -0.05) is 20.3 Å². The van der Waals surface area contributed by atoms with Gasteiger partial charge >= 0.3 is 5.97 Å². The largest absolute Gasteiger partial charge is 0.466 e. The number of rotatable bonds is 6. The molecule has 0 aliphatic carbocycles. The fourth-order valence-corrected chi connectivity index (χ4v) is 1.13. The molecule has 0 amide bonds. The van der Waals surface area contributed by atoms with Crippen LogP contribution < -0.4 is 0 Å². The lowest BCUT2D eigenvalue weighted by Gasteiger charge is -2.13. The molecular weight excluding hydrogens is 168 g/mol. The van der Waals surface area contributed by atoms with E-state index in [-0.39, 0.29) is 12.4 Å². The van der Waals surface area contributed by atoms with Gasteiger partial charge in [0.15, 0.2) is 0 Å². The number of carbonyl (C=O) groups is 1. The molecule has 3 nitrogen and oxygen atoms in total. The monoisotopic (exact) mass is 188 g/mol. The highest BCUT2D eigenvalue weighted by molar-refractivity contribution is 5.69. The third-order valence-corrected chi connectivity index (χ3v) is 2.08. The molecule has 0 saturated heterocycles. The summed E-state index contributed by atoms with van der Waals surface area (Å²) in [5, 5.41) is 9.45. The molecule has 0 aliphatic heterocycles. The predicted molar refractivity (Wildman–Crippen MR) is 51.3 cm³/mol. The van der Waals surface area contributed by atoms with E-state index in [1.807, 2.05) is 0 Å². The van der Waals surface area contributed by atoms with E-state index in [1.165, 1.54) is 0 Å². The third kappa shape index (κ3) is 6.58. The van der Waals surface area contributed by atoms with Crippen molar-refractivity contribution < 1.29 is 14.6 Å². The van der Waals surface area contributed by atoms with Crippen molar-refractivity contribution in [2.24, 2.45) is 5.92 Å². The molecule has 0 rings (SSSR count). The van der Waals surface area contributed by atoms with Crippen LogP contribution in [0.2, 0.25) is 0 Å². The van der Waals surface area contributed by atoms with E-state index in [9.17, 15) is 9.90 Å². The first-order valence-electron chi connectivity index (χ1n) is 4.93. The molecule has 0 aromatic rings. The van der Waals surface area contributed by atoms with Crippen molar-refractivity contribution in [2.75, 3.05) is 6.61 Å². The molecule has 3 heteroatoms.